The standard InChI is InChI=1S/C27H33N3O2/c1-2-28-27(32)30-16-12-22(13-17-30)20-21-8-10-25(11-9-21)26(31)29-18-14-24(15-19-29)23-6-4-3-5-7-23/h3-11,14,22H,2,12-13,15-20H2,1H3,(H,28,32). The van der Waals surface area contributed by atoms with E-state index in [4.69, 9.17) is 0 Å². The van der Waals surface area contributed by atoms with Gasteiger partial charge in [0, 0.05) is 38.3 Å². The van der Waals surface area contributed by atoms with Crippen LogP contribution in [0.4, 0.5) is 4.79 Å². The average Bonchev–Trinajstić information content (AvgIpc) is 2.85. The molecule has 2 aliphatic rings. The Morgan fingerprint density at radius 1 is 0.938 bits per heavy atom. The van der Waals surface area contributed by atoms with E-state index < -0.39 is 0 Å². The third-order valence-electron chi connectivity index (χ3n) is 6.60. The molecule has 0 aromatic heterocycles. The number of hydrogen-bond donors (Lipinski definition) is 1. The maximum atomic E-state index is 13.0. The molecule has 32 heavy (non-hydrogen) atoms. The second kappa shape index (κ2) is 10.5. The molecule has 1 N–H and O–H groups in total. The lowest BCUT2D eigenvalue weighted by molar-refractivity contribution is 0.0773. The van der Waals surface area contributed by atoms with Crippen molar-refractivity contribution >= 4 is 17.5 Å². The van der Waals surface area contributed by atoms with E-state index in [1.54, 1.807) is 0 Å². The molecule has 1 saturated heterocycles. The Morgan fingerprint density at radius 3 is 2.28 bits per heavy atom. The maximum Gasteiger partial charge on any atom is 0.317 e. The van der Waals surface area contributed by atoms with Gasteiger partial charge in [-0.3, -0.25) is 4.79 Å². The van der Waals surface area contributed by atoms with Crippen LogP contribution >= 0.6 is 0 Å². The topological polar surface area (TPSA) is 52.7 Å². The summed E-state index contributed by atoms with van der Waals surface area (Å²) < 4.78 is 0. The summed E-state index contributed by atoms with van der Waals surface area (Å²) in [6.45, 7) is 5.68. The molecular weight excluding hydrogens is 398 g/mol. The Labute approximate surface area is 191 Å². The largest absolute Gasteiger partial charge is 0.338 e. The van der Waals surface area contributed by atoms with Crippen LogP contribution in [0, 0.1) is 5.92 Å². The second-order valence-electron chi connectivity index (χ2n) is 8.76. The van der Waals surface area contributed by atoms with Crippen LogP contribution in [0.25, 0.3) is 5.57 Å². The number of nitrogens with zero attached hydrogens (tertiary/aromatic N) is 2. The van der Waals surface area contributed by atoms with Crippen LogP contribution in [0.1, 0.15) is 47.7 Å². The number of benzene rings is 2. The Bertz CT molecular complexity index is 945. The monoisotopic (exact) mass is 431 g/mol. The van der Waals surface area contributed by atoms with Gasteiger partial charge in [-0.25, -0.2) is 4.79 Å². The Kier molecular flexibility index (Phi) is 7.25. The number of nitrogens with one attached hydrogen (secondary N) is 1. The van der Waals surface area contributed by atoms with Crippen LogP contribution in [0.2, 0.25) is 0 Å². The third kappa shape index (κ3) is 5.39. The molecule has 0 atom stereocenters. The zero-order valence-electron chi connectivity index (χ0n) is 18.9. The van der Waals surface area contributed by atoms with E-state index in [1.807, 2.05) is 34.9 Å². The lowest BCUT2D eigenvalue weighted by Gasteiger charge is -2.32. The summed E-state index contributed by atoms with van der Waals surface area (Å²) in [6, 6.07) is 18.6. The molecule has 2 aromatic carbocycles. The predicted octanol–water partition coefficient (Wildman–Crippen LogP) is 4.60. The second-order valence-corrected chi connectivity index (χ2v) is 8.76. The van der Waals surface area contributed by atoms with Crippen molar-refractivity contribution in [2.24, 2.45) is 5.92 Å². The molecule has 5 nitrogen and oxygen atoms in total. The first-order valence-electron chi connectivity index (χ1n) is 11.8. The van der Waals surface area contributed by atoms with Crippen LogP contribution in [-0.2, 0) is 6.42 Å². The first-order chi connectivity index (χ1) is 15.6. The molecule has 0 unspecified atom stereocenters. The number of rotatable bonds is 5. The fourth-order valence-electron chi connectivity index (χ4n) is 4.67. The minimum atomic E-state index is 0.0530. The van der Waals surface area contributed by atoms with Gasteiger partial charge in [-0.2, -0.15) is 0 Å². The molecule has 0 bridgehead atoms. The van der Waals surface area contributed by atoms with Crippen LogP contribution in [-0.4, -0.2) is 54.5 Å². The molecule has 1 fully saturated rings. The normalized spacial score (nSPS) is 17.1. The van der Waals surface area contributed by atoms with E-state index in [0.29, 0.717) is 19.0 Å². The molecule has 3 amide bonds. The molecule has 2 aromatic rings. The number of carbonyl (C=O) groups excluding carboxylic acids is 2. The van der Waals surface area contributed by atoms with Gasteiger partial charge in [-0.05, 0) is 67.4 Å². The molecule has 2 aliphatic heterocycles. The van der Waals surface area contributed by atoms with Crippen molar-refractivity contribution < 1.29 is 9.59 Å². The van der Waals surface area contributed by atoms with Crippen molar-refractivity contribution in [1.82, 2.24) is 15.1 Å². The fourth-order valence-corrected chi connectivity index (χ4v) is 4.67. The van der Waals surface area contributed by atoms with Crippen molar-refractivity contribution in [3.63, 3.8) is 0 Å². The summed E-state index contributed by atoms with van der Waals surface area (Å²) in [7, 11) is 0. The Balaban J connectivity index is 1.28. The van der Waals surface area contributed by atoms with Gasteiger partial charge >= 0.3 is 6.03 Å². The van der Waals surface area contributed by atoms with Crippen molar-refractivity contribution in [2.75, 3.05) is 32.7 Å². The molecule has 168 valence electrons. The van der Waals surface area contributed by atoms with E-state index in [2.05, 4.69) is 47.8 Å². The van der Waals surface area contributed by atoms with Crippen molar-refractivity contribution in [3.05, 3.63) is 77.4 Å². The van der Waals surface area contributed by atoms with Gasteiger partial charge in [-0.1, -0.05) is 48.5 Å². The van der Waals surface area contributed by atoms with Crippen LogP contribution in [0.15, 0.2) is 60.7 Å². The van der Waals surface area contributed by atoms with E-state index >= 15 is 0 Å². The quantitative estimate of drug-likeness (QED) is 0.752. The van der Waals surface area contributed by atoms with Gasteiger partial charge in [0.1, 0.15) is 0 Å². The summed E-state index contributed by atoms with van der Waals surface area (Å²) in [5, 5.41) is 2.88. The molecule has 4 rings (SSSR count). The third-order valence-corrected chi connectivity index (χ3v) is 6.60. The van der Waals surface area contributed by atoms with Gasteiger partial charge in [0.15, 0.2) is 0 Å². The van der Waals surface area contributed by atoms with Crippen molar-refractivity contribution in [2.45, 2.75) is 32.6 Å². The first-order valence-corrected chi connectivity index (χ1v) is 11.8. The number of carbonyl (C=O) groups is 2. The van der Waals surface area contributed by atoms with Gasteiger partial charge < -0.3 is 15.1 Å². The predicted molar refractivity (Wildman–Crippen MR) is 128 cm³/mol. The van der Waals surface area contributed by atoms with E-state index in [-0.39, 0.29) is 11.9 Å². The van der Waals surface area contributed by atoms with Gasteiger partial charge in [-0.15, -0.1) is 0 Å². The summed E-state index contributed by atoms with van der Waals surface area (Å²) >= 11 is 0. The Morgan fingerprint density at radius 2 is 1.66 bits per heavy atom. The van der Waals surface area contributed by atoms with Crippen LogP contribution in [0.3, 0.4) is 0 Å². The van der Waals surface area contributed by atoms with Crippen LogP contribution in [0.5, 0.6) is 0 Å². The highest BCUT2D eigenvalue weighted by molar-refractivity contribution is 5.94. The average molecular weight is 432 g/mol. The molecule has 5 heteroatoms. The van der Waals surface area contributed by atoms with E-state index in [9.17, 15) is 9.59 Å². The highest BCUT2D eigenvalue weighted by Crippen LogP contribution is 2.24. The number of hydrogen-bond acceptors (Lipinski definition) is 2. The maximum absolute atomic E-state index is 13.0. The number of likely N-dealkylation sites (tertiary alicyclic amines) is 1. The minimum absolute atomic E-state index is 0.0530. The lowest BCUT2D eigenvalue weighted by atomic mass is 9.90. The van der Waals surface area contributed by atoms with E-state index in [1.165, 1.54) is 16.7 Å². The molecule has 0 aliphatic carbocycles. The van der Waals surface area contributed by atoms with Crippen molar-refractivity contribution in [1.29, 1.82) is 0 Å². The summed E-state index contributed by atoms with van der Waals surface area (Å²) in [5.74, 6) is 0.695. The van der Waals surface area contributed by atoms with Gasteiger partial charge in [0.05, 0.1) is 0 Å². The highest BCUT2D eigenvalue weighted by Gasteiger charge is 2.23. The zero-order valence-corrected chi connectivity index (χ0v) is 18.9. The molecule has 0 radical (unpaired) electrons. The molecule has 2 heterocycles. The van der Waals surface area contributed by atoms with Gasteiger partial charge in [0.25, 0.3) is 5.91 Å². The highest BCUT2D eigenvalue weighted by atomic mass is 16.2. The summed E-state index contributed by atoms with van der Waals surface area (Å²) in [4.78, 5) is 28.8. The minimum Gasteiger partial charge on any atom is -0.338 e. The fraction of sp³-hybridized carbons (Fsp3) is 0.407. The van der Waals surface area contributed by atoms with Crippen LogP contribution < -0.4 is 5.32 Å². The molecule has 0 saturated carbocycles. The van der Waals surface area contributed by atoms with Crippen molar-refractivity contribution in [3.8, 4) is 0 Å². The number of piperidine rings is 1. The SMILES string of the molecule is CCNC(=O)N1CCC(Cc2ccc(C(=O)N3CC=C(c4ccccc4)CC3)cc2)CC1. The van der Waals surface area contributed by atoms with Gasteiger partial charge in [0.2, 0.25) is 0 Å². The smallest absolute Gasteiger partial charge is 0.317 e. The summed E-state index contributed by atoms with van der Waals surface area (Å²) in [5.41, 5.74) is 4.60. The molecule has 0 spiro atoms. The van der Waals surface area contributed by atoms with E-state index in [0.717, 1.165) is 50.9 Å². The first kappa shape index (κ1) is 22.1. The zero-order chi connectivity index (χ0) is 22.3. The summed E-state index contributed by atoms with van der Waals surface area (Å²) in [6.07, 6.45) is 6.13. The number of amides is 3. The number of urea groups is 1. The molecular formula is C27H33N3O2. The Hall–Kier alpha value is -3.08. The lowest BCUT2D eigenvalue weighted by Crippen LogP contribution is -2.44.